The normalized spacial score (nSPS) is 17.7. The molecule has 604 valence electrons. The van der Waals surface area contributed by atoms with E-state index in [1.165, 1.54) is 0 Å². The molecule has 0 saturated carbocycles. The smallest absolute Gasteiger partial charge is 0.207 e. The predicted octanol–water partition coefficient (Wildman–Crippen LogP) is 14.1. The summed E-state index contributed by atoms with van der Waals surface area (Å²) in [4.78, 5) is 12.5. The maximum Gasteiger partial charge on any atom is 0.207 e. The molecule has 1 amide bonds. The average molecular weight is 1560 g/mol. The zero-order chi connectivity index (χ0) is 81.8. The molecular formula is C98H114N4O13. The standard InChI is InChI=1S/C53H62N4O7.C45H52O6/c1-37(54)44(38-21-9-3-10-22-38)48(63-35-59)45(39-23-11-4-12-24-39)47(61)46(40-25-13-5-14-26-40)49(55)53(64-36-60,43-31-19-8-20-32-43)33-52(56,42-29-17-7-18-30-42)50(62)51(2,57-34-58)41-27-15-6-16-28-41;1-33(48)42(37-22-12-5-13-23-37)29-45(51-32-47,39-26-16-7-17-27-39)30-43(38-24-14-6-15-25-38)44(49)41(36-20-10-4-11-21-36)28-40(34(2)50-31-46)35-18-8-3-9-19-35/h3-32,34,37,44-50,59-62H,33,35-36,54-56H2,1-2H3,(H,57,58);3-27,33-34,40-44,46-49H,28-32H2,1-2H3. The largest absolute Gasteiger partial charge is 0.393 e. The molecule has 11 aromatic carbocycles. The molecule has 17 heteroatoms. The molecule has 115 heavy (non-hydrogen) atoms. The molecule has 0 fully saturated rings. The van der Waals surface area contributed by atoms with Crippen molar-refractivity contribution in [1.82, 2.24) is 5.32 Å². The number of nitrogens with one attached hydrogen (secondary N) is 1. The molecule has 19 unspecified atom stereocenters. The number of hydrogen-bond acceptors (Lipinski definition) is 16. The maximum absolute atomic E-state index is 13.5. The van der Waals surface area contributed by atoms with Crippen LogP contribution in [-0.4, -0.2) is 123 Å². The Bertz CT molecular complexity index is 4530. The molecule has 15 N–H and O–H groups in total. The SMILES string of the molecule is CC(N)C(c1ccccc1)C(OCO)C(c1ccccc1)C(O)C(c1ccccc1)C(N)C(CC(N)(c1ccccc1)C(O)C(C)(NC=O)c1ccccc1)(OCO)c1ccccc1.CC(O)C(CC(CC(c1ccccc1)C(O)C(CC(c1ccccc1)C(C)OCO)c1ccccc1)(OCO)c1ccccc1)c1ccccc1. The van der Waals surface area contributed by atoms with Gasteiger partial charge in [-0.3, -0.25) is 4.79 Å². The highest BCUT2D eigenvalue weighted by Crippen LogP contribution is 2.53. The summed E-state index contributed by atoms with van der Waals surface area (Å²) >= 11 is 0. The summed E-state index contributed by atoms with van der Waals surface area (Å²) in [7, 11) is 0. The van der Waals surface area contributed by atoms with Crippen molar-refractivity contribution >= 4 is 6.41 Å². The van der Waals surface area contributed by atoms with Gasteiger partial charge in [0.05, 0.1) is 47.2 Å². The Hall–Kier alpha value is -9.71. The Kier molecular flexibility index (Phi) is 32.6. The Labute approximate surface area is 677 Å². The molecule has 19 atom stereocenters. The van der Waals surface area contributed by atoms with E-state index in [4.69, 9.17) is 36.1 Å². The first-order chi connectivity index (χ1) is 55.8. The minimum atomic E-state index is -1.80. The highest BCUT2D eigenvalue weighted by molar-refractivity contribution is 5.51. The van der Waals surface area contributed by atoms with Crippen LogP contribution in [0.2, 0.25) is 0 Å². The average Bonchev–Trinajstić information content (AvgIpc) is 0.732. The summed E-state index contributed by atoms with van der Waals surface area (Å²) < 4.78 is 25.3. The van der Waals surface area contributed by atoms with Crippen molar-refractivity contribution in [1.29, 1.82) is 0 Å². The second kappa shape index (κ2) is 42.8. The van der Waals surface area contributed by atoms with Gasteiger partial charge < -0.3 is 82.3 Å². The minimum absolute atomic E-state index is 0.139. The van der Waals surface area contributed by atoms with E-state index in [9.17, 15) is 45.6 Å². The molecule has 11 aromatic rings. The summed E-state index contributed by atoms with van der Waals surface area (Å²) in [6.07, 6.45) is -4.35. The Morgan fingerprint density at radius 2 is 0.730 bits per heavy atom. The van der Waals surface area contributed by atoms with E-state index in [1.807, 2.05) is 287 Å². The molecule has 0 radical (unpaired) electrons. The number of carbonyl (C=O) groups excluding carboxylic acids is 1. The van der Waals surface area contributed by atoms with Gasteiger partial charge in [-0.25, -0.2) is 0 Å². The minimum Gasteiger partial charge on any atom is -0.393 e. The van der Waals surface area contributed by atoms with Gasteiger partial charge in [0.2, 0.25) is 6.41 Å². The predicted molar refractivity (Wildman–Crippen MR) is 452 cm³/mol. The summed E-state index contributed by atoms with van der Waals surface area (Å²) in [6.45, 7) is 4.89. The van der Waals surface area contributed by atoms with Crippen LogP contribution in [0, 0.1) is 0 Å². The zero-order valence-corrected chi connectivity index (χ0v) is 66.0. The van der Waals surface area contributed by atoms with E-state index in [1.54, 1.807) is 50.2 Å². The van der Waals surface area contributed by atoms with E-state index in [-0.39, 0.29) is 30.3 Å². The van der Waals surface area contributed by atoms with E-state index in [0.717, 1.165) is 33.4 Å². The summed E-state index contributed by atoms with van der Waals surface area (Å²) in [5.74, 6) is -3.72. The third-order valence-corrected chi connectivity index (χ3v) is 23.4. The number of aliphatic hydroxyl groups is 8. The second-order valence-corrected chi connectivity index (χ2v) is 30.4. The van der Waals surface area contributed by atoms with Crippen LogP contribution in [0.25, 0.3) is 0 Å². The fourth-order valence-electron chi connectivity index (χ4n) is 17.6. The van der Waals surface area contributed by atoms with Gasteiger partial charge >= 0.3 is 0 Å². The van der Waals surface area contributed by atoms with Crippen LogP contribution in [0.4, 0.5) is 0 Å². The number of ether oxygens (including phenoxy) is 4. The fourth-order valence-corrected chi connectivity index (χ4v) is 17.6. The first-order valence-electron chi connectivity index (χ1n) is 39.6. The van der Waals surface area contributed by atoms with Crippen molar-refractivity contribution in [2.75, 3.05) is 27.2 Å². The summed E-state index contributed by atoms with van der Waals surface area (Å²) in [5.41, 5.74) is 24.8. The van der Waals surface area contributed by atoms with Crippen LogP contribution in [0.1, 0.15) is 156 Å². The zero-order valence-electron chi connectivity index (χ0n) is 66.0. The van der Waals surface area contributed by atoms with Gasteiger partial charge in [0, 0.05) is 59.9 Å². The molecule has 11 rings (SSSR count). The molecule has 0 bridgehead atoms. The van der Waals surface area contributed by atoms with Crippen LogP contribution in [0.5, 0.6) is 0 Å². The lowest BCUT2D eigenvalue weighted by Crippen LogP contribution is -2.66. The van der Waals surface area contributed by atoms with E-state index in [2.05, 4.69) is 29.6 Å². The fraction of sp³-hybridized carbons (Fsp3) is 0.316. The van der Waals surface area contributed by atoms with Crippen LogP contribution in [0.15, 0.2) is 334 Å². The first-order valence-corrected chi connectivity index (χ1v) is 39.6. The second-order valence-electron chi connectivity index (χ2n) is 30.4. The summed E-state index contributed by atoms with van der Waals surface area (Å²) in [6, 6.07) is 104. The molecule has 0 aliphatic rings. The molecule has 17 nitrogen and oxygen atoms in total. The van der Waals surface area contributed by atoms with Gasteiger partial charge in [-0.05, 0) is 108 Å². The van der Waals surface area contributed by atoms with Crippen molar-refractivity contribution in [3.63, 3.8) is 0 Å². The third-order valence-electron chi connectivity index (χ3n) is 23.4. The topological polar surface area (TPSA) is 306 Å². The molecule has 0 aliphatic heterocycles. The third kappa shape index (κ3) is 21.3. The number of benzene rings is 11. The number of aliphatic hydroxyl groups excluding tert-OH is 8. The molecule has 0 spiro atoms. The number of amides is 1. The number of rotatable bonds is 42. The van der Waals surface area contributed by atoms with Gasteiger partial charge in [-0.2, -0.15) is 0 Å². The lowest BCUT2D eigenvalue weighted by atomic mass is 9.62. The van der Waals surface area contributed by atoms with Crippen LogP contribution in [-0.2, 0) is 46.0 Å². The number of nitrogens with two attached hydrogens (primary N) is 3. The van der Waals surface area contributed by atoms with Gasteiger partial charge in [0.25, 0.3) is 0 Å². The molecule has 0 heterocycles. The van der Waals surface area contributed by atoms with E-state index in [0.29, 0.717) is 53.5 Å². The Balaban J connectivity index is 0.000000249. The van der Waals surface area contributed by atoms with Gasteiger partial charge in [-0.15, -0.1) is 0 Å². The van der Waals surface area contributed by atoms with E-state index < -0.39 is 116 Å². The van der Waals surface area contributed by atoms with Gasteiger partial charge in [0.1, 0.15) is 38.9 Å². The van der Waals surface area contributed by atoms with Crippen molar-refractivity contribution in [2.24, 2.45) is 17.2 Å². The lowest BCUT2D eigenvalue weighted by molar-refractivity contribution is -0.168. The van der Waals surface area contributed by atoms with Crippen molar-refractivity contribution in [3.05, 3.63) is 395 Å². The van der Waals surface area contributed by atoms with Crippen LogP contribution >= 0.6 is 0 Å². The monoisotopic (exact) mass is 1550 g/mol. The highest BCUT2D eigenvalue weighted by atomic mass is 16.6. The van der Waals surface area contributed by atoms with Crippen LogP contribution < -0.4 is 22.5 Å². The lowest BCUT2D eigenvalue weighted by Gasteiger charge is -2.52. The van der Waals surface area contributed by atoms with Crippen molar-refractivity contribution < 1.29 is 64.6 Å². The maximum atomic E-state index is 13.5. The molecule has 0 aliphatic carbocycles. The van der Waals surface area contributed by atoms with Crippen molar-refractivity contribution in [3.8, 4) is 0 Å². The van der Waals surface area contributed by atoms with Crippen LogP contribution in [0.3, 0.4) is 0 Å². The molecule has 0 saturated heterocycles. The highest BCUT2D eigenvalue weighted by Gasteiger charge is 2.58. The Morgan fingerprint density at radius 1 is 0.383 bits per heavy atom. The number of hydrogen-bond donors (Lipinski definition) is 12. The molecule has 0 aromatic heterocycles. The van der Waals surface area contributed by atoms with Gasteiger partial charge in [-0.1, -0.05) is 334 Å². The molecular weight excluding hydrogens is 1440 g/mol. The van der Waals surface area contributed by atoms with E-state index >= 15 is 0 Å². The quantitative estimate of drug-likeness (QED) is 0.0125. The Morgan fingerprint density at radius 3 is 1.13 bits per heavy atom. The number of carbonyl (C=O) groups is 1. The summed E-state index contributed by atoms with van der Waals surface area (Å²) in [5, 5.41) is 95.7. The first kappa shape index (κ1) is 87.7. The van der Waals surface area contributed by atoms with Crippen molar-refractivity contribution in [2.45, 2.75) is 166 Å². The van der Waals surface area contributed by atoms with Gasteiger partial charge in [0.15, 0.2) is 0 Å².